The number of nitrogens with two attached hydrogens (primary N) is 1. The molecule has 0 radical (unpaired) electrons. The van der Waals surface area contributed by atoms with Crippen molar-refractivity contribution in [1.82, 2.24) is 5.43 Å². The Balaban J connectivity index is 2.54. The van der Waals surface area contributed by atoms with Crippen molar-refractivity contribution in [1.29, 1.82) is 0 Å². The molecule has 2 nitrogen and oxygen atoms in total. The number of benzene rings is 2. The second-order valence-electron chi connectivity index (χ2n) is 3.94. The molecule has 0 saturated carbocycles. The van der Waals surface area contributed by atoms with Crippen LogP contribution in [0.2, 0.25) is 0 Å². The van der Waals surface area contributed by atoms with Crippen LogP contribution in [-0.2, 0) is 0 Å². The Hall–Kier alpha value is -1.37. The summed E-state index contributed by atoms with van der Waals surface area (Å²) in [7, 11) is 0. The van der Waals surface area contributed by atoms with E-state index in [2.05, 4.69) is 21.4 Å². The minimum atomic E-state index is -0.969. The number of rotatable bonds is 3. The van der Waals surface area contributed by atoms with Gasteiger partial charge in [-0.1, -0.05) is 28.1 Å². The highest BCUT2D eigenvalue weighted by Crippen LogP contribution is 2.29. The Morgan fingerprint density at radius 2 is 1.68 bits per heavy atom. The molecule has 0 bridgehead atoms. The molecule has 2 aromatic rings. The minimum absolute atomic E-state index is 0.253. The first-order chi connectivity index (χ1) is 9.02. The molecule has 2 rings (SSSR count). The van der Waals surface area contributed by atoms with Crippen LogP contribution in [0.5, 0.6) is 0 Å². The summed E-state index contributed by atoms with van der Waals surface area (Å²) in [5.41, 5.74) is 2.38. The highest BCUT2D eigenvalue weighted by Gasteiger charge is 2.22. The quantitative estimate of drug-likeness (QED) is 0.668. The Morgan fingerprint density at radius 3 is 2.21 bits per heavy atom. The standard InChI is InChI=1S/C13H10BrF3N2/c14-8-5-10(16)12(11(17)6-8)13(19-18)7-2-1-3-9(15)4-7/h1-6,13,19H,18H2. The van der Waals surface area contributed by atoms with Crippen LogP contribution in [0.3, 0.4) is 0 Å². The minimum Gasteiger partial charge on any atom is -0.271 e. The van der Waals surface area contributed by atoms with Gasteiger partial charge in [0.05, 0.1) is 6.04 Å². The molecule has 2 aromatic carbocycles. The SMILES string of the molecule is NNC(c1cccc(F)c1)c1c(F)cc(Br)cc1F. The van der Waals surface area contributed by atoms with Crippen LogP contribution in [0.4, 0.5) is 13.2 Å². The van der Waals surface area contributed by atoms with Crippen molar-refractivity contribution in [3.8, 4) is 0 Å². The van der Waals surface area contributed by atoms with Gasteiger partial charge in [0, 0.05) is 10.0 Å². The molecule has 3 N–H and O–H groups in total. The van der Waals surface area contributed by atoms with Crippen LogP contribution >= 0.6 is 15.9 Å². The molecule has 0 aliphatic rings. The van der Waals surface area contributed by atoms with Crippen LogP contribution in [-0.4, -0.2) is 0 Å². The molecule has 0 aliphatic heterocycles. The van der Waals surface area contributed by atoms with Crippen LogP contribution in [0, 0.1) is 17.5 Å². The second kappa shape index (κ2) is 5.73. The highest BCUT2D eigenvalue weighted by molar-refractivity contribution is 9.10. The van der Waals surface area contributed by atoms with Gasteiger partial charge in [-0.2, -0.15) is 0 Å². The molecular weight excluding hydrogens is 321 g/mol. The molecule has 100 valence electrons. The summed E-state index contributed by atoms with van der Waals surface area (Å²) in [5.74, 6) is 3.31. The molecule has 19 heavy (non-hydrogen) atoms. The Morgan fingerprint density at radius 1 is 1.05 bits per heavy atom. The first-order valence-corrected chi connectivity index (χ1v) is 6.18. The monoisotopic (exact) mass is 330 g/mol. The number of nitrogens with one attached hydrogen (secondary N) is 1. The van der Waals surface area contributed by atoms with Crippen molar-refractivity contribution < 1.29 is 13.2 Å². The molecular formula is C13H10BrF3N2. The van der Waals surface area contributed by atoms with Gasteiger partial charge < -0.3 is 0 Å². The normalized spacial score (nSPS) is 12.5. The Labute approximate surface area is 116 Å². The molecule has 0 amide bonds. The van der Waals surface area contributed by atoms with Gasteiger partial charge >= 0.3 is 0 Å². The van der Waals surface area contributed by atoms with E-state index in [-0.39, 0.29) is 10.0 Å². The lowest BCUT2D eigenvalue weighted by Crippen LogP contribution is -2.30. The zero-order valence-electron chi connectivity index (χ0n) is 9.63. The summed E-state index contributed by atoms with van der Waals surface area (Å²) in [5, 5.41) is 0. The lowest BCUT2D eigenvalue weighted by atomic mass is 9.98. The number of halogens is 4. The molecule has 0 fully saturated rings. The smallest absolute Gasteiger partial charge is 0.132 e. The van der Waals surface area contributed by atoms with Crippen LogP contribution in [0.25, 0.3) is 0 Å². The van der Waals surface area contributed by atoms with Crippen molar-refractivity contribution in [2.24, 2.45) is 5.84 Å². The maximum absolute atomic E-state index is 13.9. The summed E-state index contributed by atoms with van der Waals surface area (Å²) in [6.45, 7) is 0. The fourth-order valence-corrected chi connectivity index (χ4v) is 2.26. The maximum atomic E-state index is 13.9. The highest BCUT2D eigenvalue weighted by atomic mass is 79.9. The van der Waals surface area contributed by atoms with E-state index < -0.39 is 23.5 Å². The third-order valence-corrected chi connectivity index (χ3v) is 3.14. The number of hydrogen-bond donors (Lipinski definition) is 2. The molecule has 0 saturated heterocycles. The van der Waals surface area contributed by atoms with Crippen LogP contribution < -0.4 is 11.3 Å². The molecule has 6 heteroatoms. The lowest BCUT2D eigenvalue weighted by molar-refractivity contribution is 0.507. The molecule has 0 heterocycles. The van der Waals surface area contributed by atoms with Gasteiger partial charge in [0.25, 0.3) is 0 Å². The van der Waals surface area contributed by atoms with E-state index in [4.69, 9.17) is 5.84 Å². The van der Waals surface area contributed by atoms with Crippen molar-refractivity contribution in [2.75, 3.05) is 0 Å². The average molecular weight is 331 g/mol. The number of hydrogen-bond acceptors (Lipinski definition) is 2. The van der Waals surface area contributed by atoms with E-state index in [0.717, 1.165) is 12.1 Å². The van der Waals surface area contributed by atoms with Gasteiger partial charge in [0.15, 0.2) is 0 Å². The Bertz CT molecular complexity index is 581. The molecule has 1 atom stereocenters. The number of hydrazine groups is 1. The summed E-state index contributed by atoms with van der Waals surface area (Å²) >= 11 is 2.99. The summed E-state index contributed by atoms with van der Waals surface area (Å²) in [6, 6.07) is 6.68. The Kier molecular flexibility index (Phi) is 4.24. The first-order valence-electron chi connectivity index (χ1n) is 5.39. The zero-order chi connectivity index (χ0) is 14.0. The molecule has 0 aromatic heterocycles. The van der Waals surface area contributed by atoms with Crippen molar-refractivity contribution in [2.45, 2.75) is 6.04 Å². The summed E-state index contributed by atoms with van der Waals surface area (Å²) in [6.07, 6.45) is 0. The third kappa shape index (κ3) is 2.97. The second-order valence-corrected chi connectivity index (χ2v) is 4.85. The van der Waals surface area contributed by atoms with Gasteiger partial charge in [-0.15, -0.1) is 0 Å². The molecule has 0 aliphatic carbocycles. The van der Waals surface area contributed by atoms with E-state index in [9.17, 15) is 13.2 Å². The van der Waals surface area contributed by atoms with E-state index in [1.165, 1.54) is 24.3 Å². The van der Waals surface area contributed by atoms with Crippen molar-refractivity contribution in [3.63, 3.8) is 0 Å². The van der Waals surface area contributed by atoms with Gasteiger partial charge in [-0.25, -0.2) is 18.6 Å². The van der Waals surface area contributed by atoms with Crippen LogP contribution in [0.1, 0.15) is 17.2 Å². The van der Waals surface area contributed by atoms with E-state index in [0.29, 0.717) is 5.56 Å². The lowest BCUT2D eigenvalue weighted by Gasteiger charge is -2.18. The third-order valence-electron chi connectivity index (χ3n) is 2.68. The summed E-state index contributed by atoms with van der Waals surface area (Å²) in [4.78, 5) is 0. The van der Waals surface area contributed by atoms with Crippen molar-refractivity contribution >= 4 is 15.9 Å². The predicted molar refractivity (Wildman–Crippen MR) is 69.6 cm³/mol. The van der Waals surface area contributed by atoms with Gasteiger partial charge in [-0.05, 0) is 29.8 Å². The fourth-order valence-electron chi connectivity index (χ4n) is 1.86. The average Bonchev–Trinajstić information content (AvgIpc) is 2.33. The van der Waals surface area contributed by atoms with Crippen LogP contribution in [0.15, 0.2) is 40.9 Å². The van der Waals surface area contributed by atoms with Gasteiger partial charge in [-0.3, -0.25) is 5.84 Å². The zero-order valence-corrected chi connectivity index (χ0v) is 11.2. The van der Waals surface area contributed by atoms with Gasteiger partial charge in [0.1, 0.15) is 17.5 Å². The molecule has 1 unspecified atom stereocenters. The van der Waals surface area contributed by atoms with E-state index in [1.807, 2.05) is 0 Å². The fraction of sp³-hybridized carbons (Fsp3) is 0.0769. The maximum Gasteiger partial charge on any atom is 0.132 e. The summed E-state index contributed by atoms with van der Waals surface area (Å²) < 4.78 is 41.2. The predicted octanol–water partition coefficient (Wildman–Crippen LogP) is 3.42. The van der Waals surface area contributed by atoms with Crippen molar-refractivity contribution in [3.05, 3.63) is 69.4 Å². The van der Waals surface area contributed by atoms with Gasteiger partial charge in [0.2, 0.25) is 0 Å². The topological polar surface area (TPSA) is 38.0 Å². The molecule has 0 spiro atoms. The van der Waals surface area contributed by atoms with E-state index >= 15 is 0 Å². The first kappa shape index (κ1) is 14.0. The van der Waals surface area contributed by atoms with E-state index in [1.54, 1.807) is 0 Å². The largest absolute Gasteiger partial charge is 0.271 e.